The fourth-order valence-corrected chi connectivity index (χ4v) is 4.10. The minimum Gasteiger partial charge on any atom is -0.396 e. The van der Waals surface area contributed by atoms with Gasteiger partial charge in [-0.3, -0.25) is 0 Å². The van der Waals surface area contributed by atoms with Gasteiger partial charge >= 0.3 is 0 Å². The highest BCUT2D eigenvalue weighted by atomic mass is 16.3. The van der Waals surface area contributed by atoms with Crippen molar-refractivity contribution < 1.29 is 5.11 Å². The van der Waals surface area contributed by atoms with Gasteiger partial charge in [0, 0.05) is 25.2 Å². The molecule has 1 aliphatic heterocycles. The monoisotopic (exact) mass is 316 g/mol. The predicted octanol–water partition coefficient (Wildman–Crippen LogP) is 2.83. The summed E-state index contributed by atoms with van der Waals surface area (Å²) in [6, 6.07) is 12.2. The fourth-order valence-electron chi connectivity index (χ4n) is 4.10. The molecule has 23 heavy (non-hydrogen) atoms. The van der Waals surface area contributed by atoms with Crippen molar-refractivity contribution in [3.8, 4) is 0 Å². The van der Waals surface area contributed by atoms with Gasteiger partial charge in [-0.15, -0.1) is 0 Å². The first-order chi connectivity index (χ1) is 11.3. The molecule has 2 N–H and O–H groups in total. The third-order valence-corrected chi connectivity index (χ3v) is 5.72. The molecule has 3 rings (SSSR count). The van der Waals surface area contributed by atoms with Crippen LogP contribution in [0.4, 0.5) is 0 Å². The number of rotatable bonds is 6. The highest BCUT2D eigenvalue weighted by Crippen LogP contribution is 2.25. The Balaban J connectivity index is 1.32. The van der Waals surface area contributed by atoms with Crippen LogP contribution >= 0.6 is 0 Å². The van der Waals surface area contributed by atoms with Gasteiger partial charge in [-0.05, 0) is 69.5 Å². The lowest BCUT2D eigenvalue weighted by Crippen LogP contribution is -2.47. The van der Waals surface area contributed by atoms with Crippen LogP contribution in [0.15, 0.2) is 30.3 Å². The minimum absolute atomic E-state index is 0.381. The predicted molar refractivity (Wildman–Crippen MR) is 95.6 cm³/mol. The van der Waals surface area contributed by atoms with Crippen LogP contribution < -0.4 is 5.32 Å². The van der Waals surface area contributed by atoms with Crippen LogP contribution in [0.5, 0.6) is 0 Å². The van der Waals surface area contributed by atoms with Crippen LogP contribution in [-0.2, 0) is 6.42 Å². The number of hydrogen-bond acceptors (Lipinski definition) is 3. The molecule has 1 saturated heterocycles. The van der Waals surface area contributed by atoms with E-state index in [0.29, 0.717) is 24.6 Å². The lowest BCUT2D eigenvalue weighted by molar-refractivity contribution is 0.155. The second-order valence-electron chi connectivity index (χ2n) is 7.42. The first kappa shape index (κ1) is 16.9. The number of nitrogens with one attached hydrogen (secondary N) is 1. The Morgan fingerprint density at radius 3 is 2.22 bits per heavy atom. The van der Waals surface area contributed by atoms with Crippen LogP contribution in [-0.4, -0.2) is 48.3 Å². The molecule has 0 spiro atoms. The summed E-state index contributed by atoms with van der Waals surface area (Å²) in [6.07, 6.45) is 8.64. The van der Waals surface area contributed by atoms with E-state index in [2.05, 4.69) is 40.5 Å². The maximum Gasteiger partial charge on any atom is 0.0459 e. The molecule has 1 heterocycles. The maximum atomic E-state index is 9.23. The van der Waals surface area contributed by atoms with Crippen molar-refractivity contribution in [3.05, 3.63) is 35.9 Å². The molecule has 0 bridgehead atoms. The zero-order valence-corrected chi connectivity index (χ0v) is 14.3. The zero-order chi connectivity index (χ0) is 15.9. The molecule has 3 heteroatoms. The minimum atomic E-state index is 0.381. The summed E-state index contributed by atoms with van der Waals surface area (Å²) in [7, 11) is 0. The van der Waals surface area contributed by atoms with Crippen LogP contribution in [0.2, 0.25) is 0 Å². The second kappa shape index (κ2) is 8.81. The average molecular weight is 316 g/mol. The maximum absolute atomic E-state index is 9.23. The number of piperidine rings is 1. The standard InChI is InChI=1S/C20H32N2O/c23-16-18-6-8-19(9-7-18)21-20-11-14-22(15-12-20)13-10-17-4-2-1-3-5-17/h1-5,18-21,23H,6-16H2. The van der Waals surface area contributed by atoms with Crippen molar-refractivity contribution in [1.82, 2.24) is 10.2 Å². The highest BCUT2D eigenvalue weighted by molar-refractivity contribution is 5.14. The van der Waals surface area contributed by atoms with Gasteiger partial charge in [0.25, 0.3) is 0 Å². The van der Waals surface area contributed by atoms with Gasteiger partial charge in [-0.25, -0.2) is 0 Å². The Labute approximate surface area is 141 Å². The molecular formula is C20H32N2O. The second-order valence-corrected chi connectivity index (χ2v) is 7.42. The SMILES string of the molecule is OCC1CCC(NC2CCN(CCc3ccccc3)CC2)CC1. The lowest BCUT2D eigenvalue weighted by Gasteiger charge is -2.36. The van der Waals surface area contributed by atoms with E-state index in [9.17, 15) is 5.11 Å². The van der Waals surface area contributed by atoms with Gasteiger partial charge < -0.3 is 15.3 Å². The summed E-state index contributed by atoms with van der Waals surface area (Å²) < 4.78 is 0. The topological polar surface area (TPSA) is 35.5 Å². The number of aliphatic hydroxyl groups is 1. The van der Waals surface area contributed by atoms with Gasteiger partial charge in [0.2, 0.25) is 0 Å². The van der Waals surface area contributed by atoms with Crippen LogP contribution in [0.1, 0.15) is 44.1 Å². The number of nitrogens with zero attached hydrogens (tertiary/aromatic N) is 1. The summed E-state index contributed by atoms with van der Waals surface area (Å²) in [5.41, 5.74) is 1.45. The molecule has 2 fully saturated rings. The molecule has 128 valence electrons. The zero-order valence-electron chi connectivity index (χ0n) is 14.3. The number of aliphatic hydroxyl groups excluding tert-OH is 1. The molecule has 0 atom stereocenters. The molecule has 0 radical (unpaired) electrons. The van der Waals surface area contributed by atoms with E-state index in [0.717, 1.165) is 0 Å². The Hall–Kier alpha value is -0.900. The van der Waals surface area contributed by atoms with Crippen LogP contribution in [0, 0.1) is 5.92 Å². The molecule has 3 nitrogen and oxygen atoms in total. The van der Waals surface area contributed by atoms with Crippen molar-refractivity contribution in [3.63, 3.8) is 0 Å². The lowest BCUT2D eigenvalue weighted by atomic mass is 9.86. The molecule has 2 aliphatic rings. The van der Waals surface area contributed by atoms with Crippen LogP contribution in [0.25, 0.3) is 0 Å². The van der Waals surface area contributed by atoms with E-state index in [-0.39, 0.29) is 0 Å². The normalized spacial score (nSPS) is 27.2. The van der Waals surface area contributed by atoms with Crippen molar-refractivity contribution in [2.45, 2.75) is 57.0 Å². The Morgan fingerprint density at radius 2 is 1.57 bits per heavy atom. The summed E-state index contributed by atoms with van der Waals surface area (Å²) in [6.45, 7) is 4.04. The average Bonchev–Trinajstić information content (AvgIpc) is 2.63. The third-order valence-electron chi connectivity index (χ3n) is 5.72. The fraction of sp³-hybridized carbons (Fsp3) is 0.700. The van der Waals surface area contributed by atoms with Gasteiger partial charge in [-0.1, -0.05) is 30.3 Å². The van der Waals surface area contributed by atoms with E-state index in [1.165, 1.54) is 70.1 Å². The molecule has 0 amide bonds. The summed E-state index contributed by atoms with van der Waals surface area (Å²) in [5, 5.41) is 13.1. The Kier molecular flexibility index (Phi) is 6.49. The van der Waals surface area contributed by atoms with Crippen molar-refractivity contribution >= 4 is 0 Å². The smallest absolute Gasteiger partial charge is 0.0459 e. The van der Waals surface area contributed by atoms with Gasteiger partial charge in [0.05, 0.1) is 0 Å². The first-order valence-corrected chi connectivity index (χ1v) is 9.46. The number of benzene rings is 1. The Morgan fingerprint density at radius 1 is 0.913 bits per heavy atom. The van der Waals surface area contributed by atoms with E-state index in [1.807, 2.05) is 0 Å². The summed E-state index contributed by atoms with van der Waals surface area (Å²) in [4.78, 5) is 2.62. The molecular weight excluding hydrogens is 284 g/mol. The van der Waals surface area contributed by atoms with E-state index >= 15 is 0 Å². The van der Waals surface area contributed by atoms with Gasteiger partial charge in [-0.2, -0.15) is 0 Å². The van der Waals surface area contributed by atoms with E-state index < -0.39 is 0 Å². The third kappa shape index (κ3) is 5.30. The van der Waals surface area contributed by atoms with Crippen LogP contribution in [0.3, 0.4) is 0 Å². The first-order valence-electron chi connectivity index (χ1n) is 9.46. The summed E-state index contributed by atoms with van der Waals surface area (Å²) in [5.74, 6) is 0.563. The van der Waals surface area contributed by atoms with E-state index in [1.54, 1.807) is 0 Å². The van der Waals surface area contributed by atoms with Crippen molar-refractivity contribution in [1.29, 1.82) is 0 Å². The van der Waals surface area contributed by atoms with Gasteiger partial charge in [0.1, 0.15) is 0 Å². The van der Waals surface area contributed by atoms with Crippen molar-refractivity contribution in [2.75, 3.05) is 26.2 Å². The molecule has 1 aliphatic carbocycles. The van der Waals surface area contributed by atoms with E-state index in [4.69, 9.17) is 0 Å². The molecule has 0 aromatic heterocycles. The largest absolute Gasteiger partial charge is 0.396 e. The number of hydrogen-bond donors (Lipinski definition) is 2. The summed E-state index contributed by atoms with van der Waals surface area (Å²) >= 11 is 0. The molecule has 1 saturated carbocycles. The number of likely N-dealkylation sites (tertiary alicyclic amines) is 1. The molecule has 1 aromatic rings. The van der Waals surface area contributed by atoms with Gasteiger partial charge in [0.15, 0.2) is 0 Å². The highest BCUT2D eigenvalue weighted by Gasteiger charge is 2.25. The molecule has 1 aromatic carbocycles. The molecule has 0 unspecified atom stereocenters. The van der Waals surface area contributed by atoms with Crippen molar-refractivity contribution in [2.24, 2.45) is 5.92 Å². The quantitative estimate of drug-likeness (QED) is 0.847. The Bertz CT molecular complexity index is 434.